The first-order chi connectivity index (χ1) is 7.56. The van der Waals surface area contributed by atoms with E-state index in [-0.39, 0.29) is 5.78 Å². The molecule has 1 aromatic carbocycles. The number of anilines is 1. The van der Waals surface area contributed by atoms with Gasteiger partial charge in [0.25, 0.3) is 0 Å². The highest BCUT2D eigenvalue weighted by Crippen LogP contribution is 2.26. The molecule has 1 rings (SSSR count). The maximum Gasteiger partial charge on any atom is 0.159 e. The summed E-state index contributed by atoms with van der Waals surface area (Å²) in [6.45, 7) is 4.69. The fraction of sp³-hybridized carbons (Fsp3) is 0.462. The average Bonchev–Trinajstić information content (AvgIpc) is 2.25. The van der Waals surface area contributed by atoms with Gasteiger partial charge in [-0.05, 0) is 31.5 Å². The molecule has 0 unspecified atom stereocenters. The van der Waals surface area contributed by atoms with Crippen molar-refractivity contribution in [2.75, 3.05) is 18.5 Å². The lowest BCUT2D eigenvalue weighted by Gasteiger charge is -2.20. The predicted octanol–water partition coefficient (Wildman–Crippen LogP) is 3.78. The number of Topliss-reactive ketones (excluding diaryl/α,β-unsaturated/α-hetero) is 1. The number of benzene rings is 1. The van der Waals surface area contributed by atoms with Crippen molar-refractivity contribution in [2.24, 2.45) is 0 Å². The molecule has 2 nitrogen and oxygen atoms in total. The van der Waals surface area contributed by atoms with Crippen LogP contribution in [0.5, 0.6) is 0 Å². The van der Waals surface area contributed by atoms with Crippen LogP contribution in [-0.2, 0) is 0 Å². The molecule has 0 aliphatic carbocycles. The molecule has 0 saturated carbocycles. The van der Waals surface area contributed by atoms with Crippen molar-refractivity contribution >= 4 is 23.1 Å². The van der Waals surface area contributed by atoms with Crippen LogP contribution in [0.15, 0.2) is 18.2 Å². The Bertz CT molecular complexity index is 376. The standard InChI is InChI=1S/C13H18ClNO/c1-4-5-8-15(3)13-7-6-11(10(2)16)9-12(13)14/h6-7,9H,4-5,8H2,1-3H3. The zero-order valence-electron chi connectivity index (χ0n) is 10.1. The van der Waals surface area contributed by atoms with Crippen molar-refractivity contribution < 1.29 is 4.79 Å². The van der Waals surface area contributed by atoms with Crippen molar-refractivity contribution in [1.29, 1.82) is 0 Å². The highest BCUT2D eigenvalue weighted by molar-refractivity contribution is 6.33. The fourth-order valence-corrected chi connectivity index (χ4v) is 1.88. The molecule has 0 bridgehead atoms. The van der Waals surface area contributed by atoms with E-state index < -0.39 is 0 Å². The Morgan fingerprint density at radius 1 is 1.44 bits per heavy atom. The normalized spacial score (nSPS) is 10.2. The number of nitrogens with zero attached hydrogens (tertiary/aromatic N) is 1. The SMILES string of the molecule is CCCCN(C)c1ccc(C(C)=O)cc1Cl. The third kappa shape index (κ3) is 3.24. The van der Waals surface area contributed by atoms with E-state index in [0.717, 1.165) is 25.1 Å². The molecule has 1 aromatic rings. The first kappa shape index (κ1) is 13.0. The van der Waals surface area contributed by atoms with Crippen molar-refractivity contribution in [3.8, 4) is 0 Å². The Kier molecular flexibility index (Phi) is 4.81. The van der Waals surface area contributed by atoms with Crippen molar-refractivity contribution in [2.45, 2.75) is 26.7 Å². The minimum atomic E-state index is 0.0460. The highest BCUT2D eigenvalue weighted by atomic mass is 35.5. The van der Waals surface area contributed by atoms with Gasteiger partial charge in [0.15, 0.2) is 5.78 Å². The molecule has 0 aliphatic rings. The van der Waals surface area contributed by atoms with E-state index >= 15 is 0 Å². The molecular weight excluding hydrogens is 222 g/mol. The lowest BCUT2D eigenvalue weighted by molar-refractivity contribution is 0.101. The third-order valence-electron chi connectivity index (χ3n) is 2.61. The van der Waals surface area contributed by atoms with Gasteiger partial charge in [-0.25, -0.2) is 0 Å². The monoisotopic (exact) mass is 239 g/mol. The Balaban J connectivity index is 2.85. The summed E-state index contributed by atoms with van der Waals surface area (Å²) in [6.07, 6.45) is 2.30. The summed E-state index contributed by atoms with van der Waals surface area (Å²) in [6, 6.07) is 5.47. The van der Waals surface area contributed by atoms with Crippen LogP contribution < -0.4 is 4.90 Å². The van der Waals surface area contributed by atoms with Gasteiger partial charge in [0.05, 0.1) is 10.7 Å². The zero-order chi connectivity index (χ0) is 12.1. The second-order valence-corrected chi connectivity index (χ2v) is 4.40. The molecule has 0 N–H and O–H groups in total. The quantitative estimate of drug-likeness (QED) is 0.729. The van der Waals surface area contributed by atoms with Crippen molar-refractivity contribution in [3.05, 3.63) is 28.8 Å². The van der Waals surface area contributed by atoms with E-state index in [1.807, 2.05) is 19.2 Å². The molecule has 16 heavy (non-hydrogen) atoms. The Hall–Kier alpha value is -1.02. The van der Waals surface area contributed by atoms with Crippen LogP contribution in [-0.4, -0.2) is 19.4 Å². The summed E-state index contributed by atoms with van der Waals surface area (Å²) >= 11 is 6.15. The first-order valence-corrected chi connectivity index (χ1v) is 5.95. The van der Waals surface area contributed by atoms with E-state index in [2.05, 4.69) is 11.8 Å². The van der Waals surface area contributed by atoms with Crippen LogP contribution in [0, 0.1) is 0 Å². The van der Waals surface area contributed by atoms with E-state index in [1.54, 1.807) is 13.0 Å². The number of hydrogen-bond donors (Lipinski definition) is 0. The molecule has 0 aliphatic heterocycles. The number of unbranched alkanes of at least 4 members (excludes halogenated alkanes) is 1. The van der Waals surface area contributed by atoms with Crippen LogP contribution in [0.4, 0.5) is 5.69 Å². The van der Waals surface area contributed by atoms with Gasteiger partial charge in [0.1, 0.15) is 0 Å². The van der Waals surface area contributed by atoms with Crippen molar-refractivity contribution in [1.82, 2.24) is 0 Å². The Morgan fingerprint density at radius 3 is 2.62 bits per heavy atom. The van der Waals surface area contributed by atoms with E-state index in [9.17, 15) is 4.79 Å². The molecule has 0 radical (unpaired) electrons. The van der Waals surface area contributed by atoms with Gasteiger partial charge in [-0.15, -0.1) is 0 Å². The van der Waals surface area contributed by atoms with Gasteiger partial charge in [-0.2, -0.15) is 0 Å². The fourth-order valence-electron chi connectivity index (χ4n) is 1.55. The van der Waals surface area contributed by atoms with Crippen LogP contribution in [0.2, 0.25) is 5.02 Å². The van der Waals surface area contributed by atoms with E-state index in [0.29, 0.717) is 10.6 Å². The second-order valence-electron chi connectivity index (χ2n) is 4.00. The van der Waals surface area contributed by atoms with Gasteiger partial charge in [-0.3, -0.25) is 4.79 Å². The first-order valence-electron chi connectivity index (χ1n) is 5.58. The Labute approximate surface area is 102 Å². The molecule has 0 aromatic heterocycles. The topological polar surface area (TPSA) is 20.3 Å². The number of hydrogen-bond acceptors (Lipinski definition) is 2. The maximum atomic E-state index is 11.2. The number of carbonyl (C=O) groups excluding carboxylic acids is 1. The molecule has 0 fully saturated rings. The van der Waals surface area contributed by atoms with Crippen molar-refractivity contribution in [3.63, 3.8) is 0 Å². The van der Waals surface area contributed by atoms with Gasteiger partial charge >= 0.3 is 0 Å². The minimum Gasteiger partial charge on any atom is -0.373 e. The highest BCUT2D eigenvalue weighted by Gasteiger charge is 2.08. The lowest BCUT2D eigenvalue weighted by Crippen LogP contribution is -2.18. The third-order valence-corrected chi connectivity index (χ3v) is 2.92. The summed E-state index contributed by atoms with van der Waals surface area (Å²) < 4.78 is 0. The number of ketones is 1. The Morgan fingerprint density at radius 2 is 2.12 bits per heavy atom. The summed E-state index contributed by atoms with van der Waals surface area (Å²) in [5.41, 5.74) is 1.65. The predicted molar refractivity (Wildman–Crippen MR) is 69.6 cm³/mol. The van der Waals surface area contributed by atoms with Gasteiger partial charge in [0.2, 0.25) is 0 Å². The maximum absolute atomic E-state index is 11.2. The molecule has 3 heteroatoms. The van der Waals surface area contributed by atoms with Crippen LogP contribution >= 0.6 is 11.6 Å². The summed E-state index contributed by atoms with van der Waals surface area (Å²) in [5, 5.41) is 0.645. The molecule has 0 heterocycles. The summed E-state index contributed by atoms with van der Waals surface area (Å²) in [7, 11) is 2.02. The minimum absolute atomic E-state index is 0.0460. The summed E-state index contributed by atoms with van der Waals surface area (Å²) in [5.74, 6) is 0.0460. The smallest absolute Gasteiger partial charge is 0.159 e. The molecular formula is C13H18ClNO. The van der Waals surface area contributed by atoms with Crippen LogP contribution in [0.3, 0.4) is 0 Å². The largest absolute Gasteiger partial charge is 0.373 e. The second kappa shape index (κ2) is 5.90. The molecule has 0 atom stereocenters. The van der Waals surface area contributed by atoms with E-state index in [4.69, 9.17) is 11.6 Å². The number of halogens is 1. The van der Waals surface area contributed by atoms with Crippen LogP contribution in [0.25, 0.3) is 0 Å². The van der Waals surface area contributed by atoms with E-state index in [1.165, 1.54) is 0 Å². The number of carbonyl (C=O) groups is 1. The zero-order valence-corrected chi connectivity index (χ0v) is 10.8. The summed E-state index contributed by atoms with van der Waals surface area (Å²) in [4.78, 5) is 13.3. The van der Waals surface area contributed by atoms with Gasteiger partial charge < -0.3 is 4.90 Å². The molecule has 0 amide bonds. The van der Waals surface area contributed by atoms with Crippen LogP contribution in [0.1, 0.15) is 37.0 Å². The molecule has 0 spiro atoms. The molecule has 0 saturated heterocycles. The number of rotatable bonds is 5. The average molecular weight is 240 g/mol. The van der Waals surface area contributed by atoms with Gasteiger partial charge in [-0.1, -0.05) is 24.9 Å². The van der Waals surface area contributed by atoms with Gasteiger partial charge in [0, 0.05) is 19.2 Å². The molecule has 88 valence electrons. The lowest BCUT2D eigenvalue weighted by atomic mass is 10.1.